The molecule has 2 aromatic carbocycles. The Bertz CT molecular complexity index is 943. The third-order valence-corrected chi connectivity index (χ3v) is 6.88. The van der Waals surface area contributed by atoms with Crippen molar-refractivity contribution in [1.29, 1.82) is 0 Å². The van der Waals surface area contributed by atoms with Crippen LogP contribution >= 0.6 is 51.7 Å². The second-order valence-electron chi connectivity index (χ2n) is 7.42. The van der Waals surface area contributed by atoms with E-state index in [1.807, 2.05) is 47.1 Å². The molecule has 3 aromatic rings. The summed E-state index contributed by atoms with van der Waals surface area (Å²) in [6.07, 6.45) is 8.24. The maximum absolute atomic E-state index is 6.51. The number of hydrogen-bond donors (Lipinski definition) is 0. The normalized spacial score (nSPS) is 20.5. The van der Waals surface area contributed by atoms with Crippen LogP contribution in [-0.4, -0.2) is 33.8 Å². The first-order chi connectivity index (χ1) is 14.6. The number of rotatable bonds is 9. The fourth-order valence-electron chi connectivity index (χ4n) is 3.56. The topological polar surface area (TPSA) is 36.3 Å². The van der Waals surface area contributed by atoms with E-state index in [0.717, 1.165) is 34.5 Å². The lowest BCUT2D eigenvalue weighted by atomic mass is 10.0. The average Bonchev–Trinajstić information content (AvgIpc) is 3.39. The van der Waals surface area contributed by atoms with Gasteiger partial charge in [0, 0.05) is 39.0 Å². The number of hydrogen-bond acceptors (Lipinski definition) is 4. The van der Waals surface area contributed by atoms with Crippen molar-refractivity contribution in [2.45, 2.75) is 42.6 Å². The van der Waals surface area contributed by atoms with Gasteiger partial charge in [-0.2, -0.15) is 0 Å². The van der Waals surface area contributed by atoms with Gasteiger partial charge in [0.05, 0.1) is 25.6 Å². The van der Waals surface area contributed by atoms with Gasteiger partial charge in [-0.15, -0.1) is 24.2 Å². The van der Waals surface area contributed by atoms with Gasteiger partial charge < -0.3 is 14.0 Å². The highest BCUT2D eigenvalue weighted by molar-refractivity contribution is 9.10. The van der Waals surface area contributed by atoms with Crippen LogP contribution in [0.1, 0.15) is 18.4 Å². The molecule has 1 fully saturated rings. The van der Waals surface area contributed by atoms with E-state index in [-0.39, 0.29) is 18.5 Å². The number of benzene rings is 2. The van der Waals surface area contributed by atoms with E-state index in [2.05, 4.69) is 51.2 Å². The second kappa shape index (κ2) is 11.7. The van der Waals surface area contributed by atoms with Gasteiger partial charge in [0.15, 0.2) is 5.79 Å². The molecule has 4 nitrogen and oxygen atoms in total. The Kier molecular flexibility index (Phi) is 9.32. The molecule has 166 valence electrons. The number of halogens is 3. The van der Waals surface area contributed by atoms with E-state index in [4.69, 9.17) is 21.1 Å². The van der Waals surface area contributed by atoms with Gasteiger partial charge in [-0.25, -0.2) is 4.98 Å². The fraction of sp³-hybridized carbons (Fsp3) is 0.348. The maximum atomic E-state index is 6.51. The zero-order valence-corrected chi connectivity index (χ0v) is 20.9. The molecule has 0 bridgehead atoms. The van der Waals surface area contributed by atoms with Crippen LogP contribution in [0.2, 0.25) is 5.02 Å². The zero-order chi connectivity index (χ0) is 20.8. The summed E-state index contributed by atoms with van der Waals surface area (Å²) in [5, 5.41) is 0.753. The van der Waals surface area contributed by atoms with E-state index in [9.17, 15) is 0 Å². The molecule has 1 saturated heterocycles. The van der Waals surface area contributed by atoms with Gasteiger partial charge in [-0.1, -0.05) is 45.7 Å². The second-order valence-corrected chi connectivity index (χ2v) is 9.94. The predicted octanol–water partition coefficient (Wildman–Crippen LogP) is 6.65. The monoisotopic (exact) mass is 542 g/mol. The van der Waals surface area contributed by atoms with Crippen molar-refractivity contribution in [1.82, 2.24) is 9.55 Å². The van der Waals surface area contributed by atoms with Crippen LogP contribution in [0.5, 0.6) is 0 Å². The Morgan fingerprint density at radius 1 is 1.23 bits per heavy atom. The van der Waals surface area contributed by atoms with Crippen LogP contribution in [0.25, 0.3) is 0 Å². The Hall–Kier alpha value is -1.02. The summed E-state index contributed by atoms with van der Waals surface area (Å²) in [6.45, 7) is 1.25. The van der Waals surface area contributed by atoms with Crippen molar-refractivity contribution < 1.29 is 9.47 Å². The minimum absolute atomic E-state index is 0. The van der Waals surface area contributed by atoms with Crippen molar-refractivity contribution >= 4 is 51.7 Å². The number of imidazole rings is 1. The van der Waals surface area contributed by atoms with E-state index < -0.39 is 5.79 Å². The lowest BCUT2D eigenvalue weighted by Crippen LogP contribution is -2.36. The highest BCUT2D eigenvalue weighted by atomic mass is 79.9. The smallest absolute Gasteiger partial charge is 0.187 e. The molecule has 1 aliphatic heterocycles. The molecule has 2 atom stereocenters. The molecular weight excluding hydrogens is 519 g/mol. The van der Waals surface area contributed by atoms with Gasteiger partial charge in [0.25, 0.3) is 0 Å². The molecular formula is C23H25BrCl2N2O2S. The van der Waals surface area contributed by atoms with Crippen molar-refractivity contribution in [3.63, 3.8) is 0 Å². The SMILES string of the molecule is Cl.Clc1ccc(CC[C@@]2(Cn3ccnc3)OC[C@@H](CCSc3cccc(Br)c3)O2)cc1. The first-order valence-electron chi connectivity index (χ1n) is 10.0. The summed E-state index contributed by atoms with van der Waals surface area (Å²) in [6, 6.07) is 16.4. The largest absolute Gasteiger partial charge is 0.345 e. The molecule has 8 heteroatoms. The molecule has 0 radical (unpaired) electrons. The predicted molar refractivity (Wildman–Crippen MR) is 132 cm³/mol. The van der Waals surface area contributed by atoms with E-state index in [1.165, 1.54) is 10.5 Å². The summed E-state index contributed by atoms with van der Waals surface area (Å²) in [4.78, 5) is 5.42. The minimum atomic E-state index is -0.633. The van der Waals surface area contributed by atoms with Gasteiger partial charge in [-0.05, 0) is 48.7 Å². The van der Waals surface area contributed by atoms with Crippen molar-refractivity contribution in [2.24, 2.45) is 0 Å². The first-order valence-corrected chi connectivity index (χ1v) is 12.2. The lowest BCUT2D eigenvalue weighted by Gasteiger charge is -2.28. The highest BCUT2D eigenvalue weighted by Crippen LogP contribution is 2.33. The molecule has 0 spiro atoms. The maximum Gasteiger partial charge on any atom is 0.187 e. The molecule has 4 rings (SSSR count). The Morgan fingerprint density at radius 2 is 2.06 bits per heavy atom. The molecule has 0 N–H and O–H groups in total. The van der Waals surface area contributed by atoms with Crippen molar-refractivity contribution in [2.75, 3.05) is 12.4 Å². The summed E-state index contributed by atoms with van der Waals surface area (Å²) in [5.74, 6) is 0.355. The van der Waals surface area contributed by atoms with Crippen LogP contribution < -0.4 is 0 Å². The molecule has 0 amide bonds. The molecule has 1 aromatic heterocycles. The highest BCUT2D eigenvalue weighted by Gasteiger charge is 2.41. The van der Waals surface area contributed by atoms with Crippen LogP contribution in [0.4, 0.5) is 0 Å². The lowest BCUT2D eigenvalue weighted by molar-refractivity contribution is -0.182. The standard InChI is InChI=1S/C23H24BrClN2O2S.ClH/c24-19-2-1-3-22(14-19)30-13-9-21-15-28-23(29-21,16-27-12-11-26-17-27)10-8-18-4-6-20(25)7-5-18;/h1-7,11-12,14,17,21H,8-10,13,15-16H2;1H/t21-,23-;/m1./s1. The number of thioether (sulfide) groups is 1. The number of aromatic nitrogens is 2. The average molecular weight is 544 g/mol. The summed E-state index contributed by atoms with van der Waals surface area (Å²) >= 11 is 11.4. The van der Waals surface area contributed by atoms with Crippen LogP contribution in [-0.2, 0) is 22.4 Å². The van der Waals surface area contributed by atoms with Crippen molar-refractivity contribution in [3.05, 3.63) is 82.3 Å². The third-order valence-electron chi connectivity index (χ3n) is 5.11. The molecule has 1 aliphatic rings. The number of ether oxygens (including phenoxy) is 2. The van der Waals surface area contributed by atoms with Crippen LogP contribution in [0.15, 0.2) is 76.6 Å². The van der Waals surface area contributed by atoms with Crippen LogP contribution in [0, 0.1) is 0 Å². The summed E-state index contributed by atoms with van der Waals surface area (Å²) in [5.41, 5.74) is 1.23. The third kappa shape index (κ3) is 7.24. The van der Waals surface area contributed by atoms with E-state index in [0.29, 0.717) is 13.2 Å². The molecule has 0 unspecified atom stereocenters. The Balaban J connectivity index is 0.00000272. The van der Waals surface area contributed by atoms with E-state index in [1.54, 1.807) is 6.20 Å². The summed E-state index contributed by atoms with van der Waals surface area (Å²) < 4.78 is 15.9. The van der Waals surface area contributed by atoms with Gasteiger partial charge in [0.2, 0.25) is 0 Å². The molecule has 0 saturated carbocycles. The quantitative estimate of drug-likeness (QED) is 0.283. The minimum Gasteiger partial charge on any atom is -0.345 e. The van der Waals surface area contributed by atoms with Crippen molar-refractivity contribution in [3.8, 4) is 0 Å². The number of nitrogens with zero attached hydrogens (tertiary/aromatic N) is 2. The fourth-order valence-corrected chi connectivity index (χ4v) is 5.24. The van der Waals surface area contributed by atoms with E-state index >= 15 is 0 Å². The zero-order valence-electron chi connectivity index (χ0n) is 17.0. The molecule has 2 heterocycles. The molecule has 31 heavy (non-hydrogen) atoms. The van der Waals surface area contributed by atoms with Gasteiger partial charge >= 0.3 is 0 Å². The Morgan fingerprint density at radius 3 is 2.81 bits per heavy atom. The van der Waals surface area contributed by atoms with Gasteiger partial charge in [-0.3, -0.25) is 0 Å². The summed E-state index contributed by atoms with van der Waals surface area (Å²) in [7, 11) is 0. The first kappa shape index (κ1) is 24.6. The Labute approximate surface area is 207 Å². The van der Waals surface area contributed by atoms with Crippen LogP contribution in [0.3, 0.4) is 0 Å². The molecule has 0 aliphatic carbocycles. The number of aryl methyl sites for hydroxylation is 1. The van der Waals surface area contributed by atoms with Gasteiger partial charge in [0.1, 0.15) is 0 Å².